The lowest BCUT2D eigenvalue weighted by atomic mass is 9.97. The number of ketones is 1. The molecule has 29 heavy (non-hydrogen) atoms. The smallest absolute Gasteiger partial charge is 0.139 e. The highest BCUT2D eigenvalue weighted by Gasteiger charge is 2.17. The summed E-state index contributed by atoms with van der Waals surface area (Å²) in [6, 6.07) is 5.16. The number of Topliss-reactive ketones (excluding diaryl/α,β-unsaturated/α-hetero) is 1. The van der Waals surface area contributed by atoms with Gasteiger partial charge in [-0.15, -0.1) is 0 Å². The number of aromatic nitrogens is 2. The number of halogens is 1. The Morgan fingerprint density at radius 2 is 2.10 bits per heavy atom. The lowest BCUT2D eigenvalue weighted by molar-refractivity contribution is -0.118. The van der Waals surface area contributed by atoms with E-state index >= 15 is 0 Å². The van der Waals surface area contributed by atoms with Crippen molar-refractivity contribution in [2.45, 2.75) is 59.3 Å². The van der Waals surface area contributed by atoms with Gasteiger partial charge in [-0.1, -0.05) is 56.4 Å². The fourth-order valence-electron chi connectivity index (χ4n) is 3.29. The number of aromatic amines is 1. The molecule has 1 heterocycles. The lowest BCUT2D eigenvalue weighted by Crippen LogP contribution is -2.07. The summed E-state index contributed by atoms with van der Waals surface area (Å²) >= 11 is 0. The third-order valence-corrected chi connectivity index (χ3v) is 4.95. The summed E-state index contributed by atoms with van der Waals surface area (Å²) in [5, 5.41) is 7.59. The van der Waals surface area contributed by atoms with Crippen LogP contribution in [0.25, 0.3) is 5.57 Å². The Balaban J connectivity index is 2.15. The van der Waals surface area contributed by atoms with Crippen molar-refractivity contribution in [3.8, 4) is 0 Å². The number of carbonyl (C=O) groups is 1. The van der Waals surface area contributed by atoms with Crippen LogP contribution in [-0.4, -0.2) is 16.0 Å². The standard InChI is InChI=1S/C25H31FN2O/c1-5-8-11-22-24(27-28-25(22)20(9-6-2)10-7-3)17-21(29)15-14-19-13-12-18(4)23(26)16-19/h6-7,9-10,12-13,16H,2,5,8,11,14-15,17H2,1,3-4H3,(H,27,28)/b10-7-,20-9+. The van der Waals surface area contributed by atoms with E-state index in [0.29, 0.717) is 24.8 Å². The van der Waals surface area contributed by atoms with E-state index in [-0.39, 0.29) is 11.6 Å². The van der Waals surface area contributed by atoms with E-state index in [4.69, 9.17) is 0 Å². The number of nitrogens with one attached hydrogen (secondary N) is 1. The van der Waals surface area contributed by atoms with E-state index in [1.807, 2.05) is 31.2 Å². The van der Waals surface area contributed by atoms with Crippen LogP contribution in [0.1, 0.15) is 61.2 Å². The molecule has 0 amide bonds. The fourth-order valence-corrected chi connectivity index (χ4v) is 3.29. The molecule has 3 nitrogen and oxygen atoms in total. The van der Waals surface area contributed by atoms with Crippen molar-refractivity contribution >= 4 is 11.4 Å². The summed E-state index contributed by atoms with van der Waals surface area (Å²) in [6.07, 6.45) is 11.9. The van der Waals surface area contributed by atoms with Gasteiger partial charge in [-0.2, -0.15) is 5.10 Å². The van der Waals surface area contributed by atoms with Gasteiger partial charge in [0.15, 0.2) is 0 Å². The van der Waals surface area contributed by atoms with Gasteiger partial charge in [-0.3, -0.25) is 9.89 Å². The van der Waals surface area contributed by atoms with Crippen LogP contribution in [0.2, 0.25) is 0 Å². The number of rotatable bonds is 11. The van der Waals surface area contributed by atoms with Crippen LogP contribution < -0.4 is 0 Å². The summed E-state index contributed by atoms with van der Waals surface area (Å²) in [6.45, 7) is 9.64. The molecule has 0 saturated heterocycles. The zero-order valence-corrected chi connectivity index (χ0v) is 17.7. The predicted octanol–water partition coefficient (Wildman–Crippen LogP) is 6.09. The van der Waals surface area contributed by atoms with Gasteiger partial charge in [0.1, 0.15) is 11.6 Å². The van der Waals surface area contributed by atoms with Crippen LogP contribution in [-0.2, 0) is 24.1 Å². The Morgan fingerprint density at radius 1 is 1.31 bits per heavy atom. The Bertz CT molecular complexity index is 906. The van der Waals surface area contributed by atoms with Crippen LogP contribution in [0, 0.1) is 12.7 Å². The number of carbonyl (C=O) groups excluding carboxylic acids is 1. The van der Waals surface area contributed by atoms with Gasteiger partial charge < -0.3 is 0 Å². The number of unbranched alkanes of at least 4 members (excludes halogenated alkanes) is 1. The third kappa shape index (κ3) is 6.38. The van der Waals surface area contributed by atoms with Crippen LogP contribution >= 0.6 is 0 Å². The number of aryl methyl sites for hydroxylation is 2. The molecule has 154 valence electrons. The monoisotopic (exact) mass is 394 g/mol. The summed E-state index contributed by atoms with van der Waals surface area (Å²) in [4.78, 5) is 12.6. The first-order valence-electron chi connectivity index (χ1n) is 10.3. The average Bonchev–Trinajstić information content (AvgIpc) is 3.09. The first-order valence-corrected chi connectivity index (χ1v) is 10.3. The van der Waals surface area contributed by atoms with E-state index in [9.17, 15) is 9.18 Å². The average molecular weight is 395 g/mol. The van der Waals surface area contributed by atoms with Crippen molar-refractivity contribution in [1.29, 1.82) is 0 Å². The maximum Gasteiger partial charge on any atom is 0.139 e. The van der Waals surface area contributed by atoms with Crippen LogP contribution in [0.4, 0.5) is 4.39 Å². The number of H-pyrrole nitrogens is 1. The zero-order chi connectivity index (χ0) is 21.2. The van der Waals surface area contributed by atoms with E-state index < -0.39 is 0 Å². The fraction of sp³-hybridized carbons (Fsp3) is 0.360. The molecule has 0 aliphatic carbocycles. The molecule has 0 unspecified atom stereocenters. The molecule has 0 atom stereocenters. The molecular formula is C25H31FN2O. The second-order valence-electron chi connectivity index (χ2n) is 7.29. The molecule has 0 radical (unpaired) electrons. The van der Waals surface area contributed by atoms with Crippen LogP contribution in [0.15, 0.2) is 49.1 Å². The summed E-state index contributed by atoms with van der Waals surface area (Å²) in [5.41, 5.74) is 5.33. The highest BCUT2D eigenvalue weighted by Crippen LogP contribution is 2.24. The minimum atomic E-state index is -0.222. The van der Waals surface area contributed by atoms with E-state index in [0.717, 1.165) is 47.4 Å². The Labute approximate surface area is 173 Å². The Morgan fingerprint density at radius 3 is 2.76 bits per heavy atom. The number of hydrogen-bond acceptors (Lipinski definition) is 2. The molecule has 2 aromatic rings. The minimum Gasteiger partial charge on any atom is -0.299 e. The van der Waals surface area contributed by atoms with Crippen molar-refractivity contribution in [3.63, 3.8) is 0 Å². The predicted molar refractivity (Wildman–Crippen MR) is 118 cm³/mol. The molecule has 2 rings (SSSR count). The molecule has 0 aliphatic rings. The van der Waals surface area contributed by atoms with Gasteiger partial charge in [-0.05, 0) is 50.3 Å². The molecule has 0 saturated carbocycles. The van der Waals surface area contributed by atoms with E-state index in [2.05, 4.69) is 23.7 Å². The van der Waals surface area contributed by atoms with E-state index in [1.54, 1.807) is 19.1 Å². The molecule has 0 spiro atoms. The second kappa shape index (κ2) is 11.3. The van der Waals surface area contributed by atoms with Gasteiger partial charge >= 0.3 is 0 Å². The zero-order valence-electron chi connectivity index (χ0n) is 17.7. The molecule has 0 fully saturated rings. The largest absolute Gasteiger partial charge is 0.299 e. The molecule has 0 bridgehead atoms. The van der Waals surface area contributed by atoms with Gasteiger partial charge in [-0.25, -0.2) is 4.39 Å². The Hall–Kier alpha value is -2.75. The summed E-state index contributed by atoms with van der Waals surface area (Å²) < 4.78 is 13.7. The number of nitrogens with zero attached hydrogens (tertiary/aromatic N) is 1. The molecule has 1 N–H and O–H groups in total. The highest BCUT2D eigenvalue weighted by atomic mass is 19.1. The SMILES string of the molecule is C=C/C=C(\C=C/C)c1n[nH]c(CC(=O)CCc2ccc(C)c(F)c2)c1CCCC. The maximum absolute atomic E-state index is 13.7. The van der Waals surface area contributed by atoms with Gasteiger partial charge in [0, 0.05) is 29.7 Å². The van der Waals surface area contributed by atoms with Crippen molar-refractivity contribution < 1.29 is 9.18 Å². The Kier molecular flexibility index (Phi) is 8.78. The van der Waals surface area contributed by atoms with Crippen LogP contribution in [0.3, 0.4) is 0 Å². The summed E-state index contributed by atoms with van der Waals surface area (Å²) in [5.74, 6) is -0.0975. The number of allylic oxidation sites excluding steroid dienone is 5. The van der Waals surface area contributed by atoms with Crippen molar-refractivity contribution in [2.75, 3.05) is 0 Å². The number of benzene rings is 1. The molecule has 1 aromatic carbocycles. The summed E-state index contributed by atoms with van der Waals surface area (Å²) in [7, 11) is 0. The minimum absolute atomic E-state index is 0.124. The van der Waals surface area contributed by atoms with Crippen molar-refractivity contribution in [2.24, 2.45) is 0 Å². The maximum atomic E-state index is 13.7. The highest BCUT2D eigenvalue weighted by molar-refractivity contribution is 5.82. The normalized spacial score (nSPS) is 11.9. The first kappa shape index (κ1) is 22.5. The molecule has 1 aromatic heterocycles. The topological polar surface area (TPSA) is 45.8 Å². The molecular weight excluding hydrogens is 363 g/mol. The molecule has 4 heteroatoms. The van der Waals surface area contributed by atoms with Crippen molar-refractivity contribution in [3.05, 3.63) is 83.0 Å². The van der Waals surface area contributed by atoms with Gasteiger partial charge in [0.25, 0.3) is 0 Å². The van der Waals surface area contributed by atoms with E-state index in [1.165, 1.54) is 6.07 Å². The van der Waals surface area contributed by atoms with Gasteiger partial charge in [0.05, 0.1) is 5.69 Å². The first-order chi connectivity index (χ1) is 14.0. The molecule has 0 aliphatic heterocycles. The van der Waals surface area contributed by atoms with Crippen LogP contribution in [0.5, 0.6) is 0 Å². The lowest BCUT2D eigenvalue weighted by Gasteiger charge is -2.07. The quantitative estimate of drug-likeness (QED) is 0.469. The van der Waals surface area contributed by atoms with Crippen molar-refractivity contribution in [1.82, 2.24) is 10.2 Å². The third-order valence-electron chi connectivity index (χ3n) is 4.95. The second-order valence-corrected chi connectivity index (χ2v) is 7.29. The van der Waals surface area contributed by atoms with Gasteiger partial charge in [0.2, 0.25) is 0 Å². The number of hydrogen-bond donors (Lipinski definition) is 1.